The van der Waals surface area contributed by atoms with Gasteiger partial charge in [-0.15, -0.1) is 0 Å². The minimum absolute atomic E-state index is 0.179. The average Bonchev–Trinajstić information content (AvgIpc) is 3.22. The summed E-state index contributed by atoms with van der Waals surface area (Å²) < 4.78 is 32.1. The molecule has 1 saturated carbocycles. The number of para-hydroxylation sites is 1. The van der Waals surface area contributed by atoms with E-state index < -0.39 is 46.9 Å². The number of esters is 1. The van der Waals surface area contributed by atoms with Crippen LogP contribution in [-0.2, 0) is 19.1 Å². The van der Waals surface area contributed by atoms with Gasteiger partial charge < -0.3 is 15.4 Å². The predicted octanol–water partition coefficient (Wildman–Crippen LogP) is 2.09. The molecule has 1 aliphatic carbocycles. The van der Waals surface area contributed by atoms with Gasteiger partial charge in [-0.1, -0.05) is 18.9 Å². The fourth-order valence-corrected chi connectivity index (χ4v) is 3.55. The average molecular weight is 409 g/mol. The van der Waals surface area contributed by atoms with Crippen molar-refractivity contribution in [3.63, 3.8) is 0 Å². The first-order valence-corrected chi connectivity index (χ1v) is 9.32. The number of anilines is 1. The van der Waals surface area contributed by atoms with Crippen LogP contribution in [0.4, 0.5) is 19.3 Å². The van der Waals surface area contributed by atoms with Gasteiger partial charge in [-0.25, -0.2) is 13.6 Å². The minimum Gasteiger partial charge on any atom is -0.452 e. The van der Waals surface area contributed by atoms with E-state index in [1.165, 1.54) is 6.92 Å². The second-order valence-corrected chi connectivity index (χ2v) is 7.14. The van der Waals surface area contributed by atoms with E-state index in [4.69, 9.17) is 4.74 Å². The number of carbonyl (C=O) groups excluding carboxylic acids is 4. The third-order valence-electron chi connectivity index (χ3n) is 5.13. The van der Waals surface area contributed by atoms with Crippen LogP contribution in [-0.4, -0.2) is 46.9 Å². The molecule has 8 nitrogen and oxygen atoms in total. The standard InChI is InChI=1S/C19H21F2N3O5/c1-11(16(26)22-15-12(20)5-4-6-13(15)21)29-14(25)7-10-24-17(27)19(23-18(24)28)8-2-3-9-19/h4-6,11H,2-3,7-10H2,1H3,(H,22,26)(H,23,28)/t11-/m1/s1. The zero-order chi connectivity index (χ0) is 21.2. The van der Waals surface area contributed by atoms with Gasteiger partial charge in [0, 0.05) is 6.54 Å². The summed E-state index contributed by atoms with van der Waals surface area (Å²) >= 11 is 0. The van der Waals surface area contributed by atoms with E-state index in [2.05, 4.69) is 5.32 Å². The number of imide groups is 1. The summed E-state index contributed by atoms with van der Waals surface area (Å²) in [6.45, 7) is 1.06. The summed E-state index contributed by atoms with van der Waals surface area (Å²) in [6, 6.07) is 2.55. The van der Waals surface area contributed by atoms with Crippen LogP contribution >= 0.6 is 0 Å². The first-order chi connectivity index (χ1) is 13.7. The first kappa shape index (κ1) is 20.7. The Morgan fingerprint density at radius 2 is 1.86 bits per heavy atom. The summed E-state index contributed by atoms with van der Waals surface area (Å²) in [6.07, 6.45) is 1.20. The molecule has 2 fully saturated rings. The molecule has 1 aromatic rings. The molecule has 1 heterocycles. The van der Waals surface area contributed by atoms with Gasteiger partial charge in [0.2, 0.25) is 0 Å². The number of amides is 4. The lowest BCUT2D eigenvalue weighted by Crippen LogP contribution is -2.44. The Bertz CT molecular complexity index is 834. The van der Waals surface area contributed by atoms with Crippen LogP contribution in [0.3, 0.4) is 0 Å². The number of urea groups is 1. The summed E-state index contributed by atoms with van der Waals surface area (Å²) in [7, 11) is 0. The van der Waals surface area contributed by atoms with E-state index in [0.717, 1.165) is 35.9 Å². The fraction of sp³-hybridized carbons (Fsp3) is 0.474. The molecular weight excluding hydrogens is 388 g/mol. The van der Waals surface area contributed by atoms with Crippen molar-refractivity contribution in [1.29, 1.82) is 0 Å². The molecule has 4 amide bonds. The number of halogens is 2. The molecule has 1 aromatic carbocycles. The van der Waals surface area contributed by atoms with Crippen molar-refractivity contribution in [2.24, 2.45) is 0 Å². The molecule has 0 radical (unpaired) electrons. The first-order valence-electron chi connectivity index (χ1n) is 9.32. The van der Waals surface area contributed by atoms with Gasteiger partial charge in [0.05, 0.1) is 6.42 Å². The Morgan fingerprint density at radius 1 is 1.24 bits per heavy atom. The zero-order valence-corrected chi connectivity index (χ0v) is 15.8. The lowest BCUT2D eigenvalue weighted by atomic mass is 9.98. The number of ether oxygens (including phenoxy) is 1. The Balaban J connectivity index is 1.51. The SMILES string of the molecule is C[C@@H](OC(=O)CCN1C(=O)NC2(CCCC2)C1=O)C(=O)Nc1c(F)cccc1F. The summed E-state index contributed by atoms with van der Waals surface area (Å²) in [4.78, 5) is 49.6. The minimum atomic E-state index is -1.33. The number of nitrogens with one attached hydrogen (secondary N) is 2. The summed E-state index contributed by atoms with van der Waals surface area (Å²) in [5.74, 6) is -4.02. The number of rotatable bonds is 6. The van der Waals surface area contributed by atoms with Crippen LogP contribution in [0.5, 0.6) is 0 Å². The van der Waals surface area contributed by atoms with Crippen molar-refractivity contribution in [2.45, 2.75) is 50.7 Å². The molecular formula is C19H21F2N3O5. The largest absolute Gasteiger partial charge is 0.452 e. The number of nitrogens with zero attached hydrogens (tertiary/aromatic N) is 1. The van der Waals surface area contributed by atoms with Crippen LogP contribution in [0.25, 0.3) is 0 Å². The molecule has 1 aliphatic heterocycles. The highest BCUT2D eigenvalue weighted by atomic mass is 19.1. The molecule has 0 aromatic heterocycles. The Kier molecular flexibility index (Phi) is 5.81. The highest BCUT2D eigenvalue weighted by molar-refractivity contribution is 6.07. The highest BCUT2D eigenvalue weighted by Gasteiger charge is 2.52. The third-order valence-corrected chi connectivity index (χ3v) is 5.13. The molecule has 0 bridgehead atoms. The predicted molar refractivity (Wildman–Crippen MR) is 96.6 cm³/mol. The summed E-state index contributed by atoms with van der Waals surface area (Å²) in [5.41, 5.74) is -1.50. The van der Waals surface area contributed by atoms with Gasteiger partial charge >= 0.3 is 12.0 Å². The lowest BCUT2D eigenvalue weighted by molar-refractivity contribution is -0.153. The van der Waals surface area contributed by atoms with Crippen molar-refractivity contribution in [3.05, 3.63) is 29.8 Å². The monoisotopic (exact) mass is 409 g/mol. The van der Waals surface area contributed by atoms with E-state index in [0.29, 0.717) is 12.8 Å². The molecule has 2 aliphatic rings. The van der Waals surface area contributed by atoms with Gasteiger partial charge in [-0.05, 0) is 31.9 Å². The van der Waals surface area contributed by atoms with E-state index in [9.17, 15) is 28.0 Å². The van der Waals surface area contributed by atoms with Crippen LogP contribution < -0.4 is 10.6 Å². The van der Waals surface area contributed by atoms with Gasteiger partial charge in [-0.3, -0.25) is 19.3 Å². The normalized spacial score (nSPS) is 18.7. The number of hydrogen-bond acceptors (Lipinski definition) is 5. The lowest BCUT2D eigenvalue weighted by Gasteiger charge is -2.20. The van der Waals surface area contributed by atoms with Crippen molar-refractivity contribution in [1.82, 2.24) is 10.2 Å². The molecule has 1 atom stereocenters. The quantitative estimate of drug-likeness (QED) is 0.553. The van der Waals surface area contributed by atoms with Crippen molar-refractivity contribution < 1.29 is 32.7 Å². The maximum Gasteiger partial charge on any atom is 0.325 e. The molecule has 29 heavy (non-hydrogen) atoms. The fourth-order valence-electron chi connectivity index (χ4n) is 3.55. The van der Waals surface area contributed by atoms with Crippen molar-refractivity contribution in [3.8, 4) is 0 Å². The zero-order valence-electron chi connectivity index (χ0n) is 15.8. The number of benzene rings is 1. The van der Waals surface area contributed by atoms with E-state index in [1.54, 1.807) is 0 Å². The number of hydrogen-bond donors (Lipinski definition) is 2. The van der Waals surface area contributed by atoms with Gasteiger partial charge in [0.15, 0.2) is 6.10 Å². The Labute approximate surface area is 165 Å². The third kappa shape index (κ3) is 4.20. The van der Waals surface area contributed by atoms with E-state index in [1.807, 2.05) is 5.32 Å². The van der Waals surface area contributed by atoms with E-state index >= 15 is 0 Å². The molecule has 10 heteroatoms. The maximum absolute atomic E-state index is 13.6. The van der Waals surface area contributed by atoms with Crippen LogP contribution in [0, 0.1) is 11.6 Å². The maximum atomic E-state index is 13.6. The molecule has 1 spiro atoms. The van der Waals surface area contributed by atoms with E-state index in [-0.39, 0.29) is 18.9 Å². The van der Waals surface area contributed by atoms with Crippen LogP contribution in [0.15, 0.2) is 18.2 Å². The van der Waals surface area contributed by atoms with Gasteiger partial charge in [-0.2, -0.15) is 0 Å². The molecule has 1 saturated heterocycles. The van der Waals surface area contributed by atoms with Crippen LogP contribution in [0.1, 0.15) is 39.0 Å². The molecule has 2 N–H and O–H groups in total. The van der Waals surface area contributed by atoms with Crippen molar-refractivity contribution in [2.75, 3.05) is 11.9 Å². The van der Waals surface area contributed by atoms with Crippen LogP contribution in [0.2, 0.25) is 0 Å². The second kappa shape index (κ2) is 8.14. The Hall–Kier alpha value is -3.04. The molecule has 3 rings (SSSR count). The van der Waals surface area contributed by atoms with Crippen molar-refractivity contribution >= 4 is 29.5 Å². The van der Waals surface area contributed by atoms with Gasteiger partial charge in [0.1, 0.15) is 22.9 Å². The topological polar surface area (TPSA) is 105 Å². The molecule has 156 valence electrons. The molecule has 0 unspecified atom stereocenters. The Morgan fingerprint density at radius 3 is 2.48 bits per heavy atom. The number of carbonyl (C=O) groups is 4. The smallest absolute Gasteiger partial charge is 0.325 e. The van der Waals surface area contributed by atoms with Gasteiger partial charge in [0.25, 0.3) is 11.8 Å². The second-order valence-electron chi connectivity index (χ2n) is 7.14. The summed E-state index contributed by atoms with van der Waals surface area (Å²) in [5, 5.41) is 4.73. The highest BCUT2D eigenvalue weighted by Crippen LogP contribution is 2.35.